The van der Waals surface area contributed by atoms with Crippen molar-refractivity contribution in [2.45, 2.75) is 25.2 Å². The van der Waals surface area contributed by atoms with Gasteiger partial charge >= 0.3 is 6.09 Å². The van der Waals surface area contributed by atoms with Gasteiger partial charge in [0.2, 0.25) is 0 Å². The van der Waals surface area contributed by atoms with Gasteiger partial charge in [0.05, 0.1) is 6.10 Å². The second-order valence-electron chi connectivity index (χ2n) is 5.19. The van der Waals surface area contributed by atoms with Gasteiger partial charge in [0.15, 0.2) is 0 Å². The van der Waals surface area contributed by atoms with E-state index in [0.29, 0.717) is 10.6 Å². The number of alkyl carbamates (subject to hydrolysis) is 1. The van der Waals surface area contributed by atoms with Gasteiger partial charge in [-0.15, -0.1) is 0 Å². The van der Waals surface area contributed by atoms with Gasteiger partial charge in [-0.3, -0.25) is 4.98 Å². The lowest BCUT2D eigenvalue weighted by Crippen LogP contribution is -2.29. The van der Waals surface area contributed by atoms with E-state index in [-0.39, 0.29) is 19.6 Å². The maximum absolute atomic E-state index is 11.6. The van der Waals surface area contributed by atoms with Crippen molar-refractivity contribution >= 4 is 17.7 Å². The van der Waals surface area contributed by atoms with E-state index in [4.69, 9.17) is 16.3 Å². The Morgan fingerprint density at radius 1 is 1.25 bits per heavy atom. The molecule has 0 spiro atoms. The largest absolute Gasteiger partial charge is 0.445 e. The Labute approximate surface area is 145 Å². The first-order chi connectivity index (χ1) is 11.6. The summed E-state index contributed by atoms with van der Waals surface area (Å²) in [5.74, 6) is 0. The molecule has 24 heavy (non-hydrogen) atoms. The van der Waals surface area contributed by atoms with Crippen molar-refractivity contribution in [3.05, 3.63) is 64.9 Å². The molecular formula is C17H19ClN2O4. The van der Waals surface area contributed by atoms with Crippen molar-refractivity contribution in [2.24, 2.45) is 0 Å². The van der Waals surface area contributed by atoms with E-state index in [2.05, 4.69) is 10.3 Å². The van der Waals surface area contributed by atoms with Crippen LogP contribution in [0.4, 0.5) is 4.79 Å². The zero-order valence-corrected chi connectivity index (χ0v) is 13.7. The highest BCUT2D eigenvalue weighted by Crippen LogP contribution is 2.25. The van der Waals surface area contributed by atoms with Crippen LogP contribution in [-0.2, 0) is 11.3 Å². The normalized spacial score (nSPS) is 13.1. The summed E-state index contributed by atoms with van der Waals surface area (Å²) in [5.41, 5.74) is 1.23. The Balaban J connectivity index is 1.71. The summed E-state index contributed by atoms with van der Waals surface area (Å²) in [4.78, 5) is 15.4. The number of nitrogens with zero attached hydrogens (tertiary/aromatic N) is 1. The number of pyridine rings is 1. The van der Waals surface area contributed by atoms with Crippen LogP contribution in [0, 0.1) is 0 Å². The van der Waals surface area contributed by atoms with Crippen LogP contribution in [0.2, 0.25) is 5.02 Å². The molecule has 2 unspecified atom stereocenters. The number of halogens is 1. The van der Waals surface area contributed by atoms with E-state index < -0.39 is 18.3 Å². The van der Waals surface area contributed by atoms with E-state index in [1.807, 2.05) is 30.3 Å². The number of aromatic nitrogens is 1. The molecule has 0 radical (unpaired) electrons. The first kappa shape index (κ1) is 18.2. The number of ether oxygens (including phenoxy) is 1. The van der Waals surface area contributed by atoms with Gasteiger partial charge in [-0.05, 0) is 18.1 Å². The van der Waals surface area contributed by atoms with Crippen LogP contribution in [0.25, 0.3) is 0 Å². The smallest absolute Gasteiger partial charge is 0.407 e. The number of hydrogen-bond donors (Lipinski definition) is 3. The van der Waals surface area contributed by atoms with E-state index in [0.717, 1.165) is 5.56 Å². The lowest BCUT2D eigenvalue weighted by atomic mass is 10.0. The summed E-state index contributed by atoms with van der Waals surface area (Å²) < 4.78 is 5.05. The van der Waals surface area contributed by atoms with E-state index >= 15 is 0 Å². The third-order valence-corrected chi connectivity index (χ3v) is 3.75. The van der Waals surface area contributed by atoms with Gasteiger partial charge in [-0.1, -0.05) is 41.9 Å². The van der Waals surface area contributed by atoms with Crippen LogP contribution in [0.1, 0.15) is 23.7 Å². The molecule has 1 amide bonds. The quantitative estimate of drug-likeness (QED) is 0.713. The molecule has 7 heteroatoms. The summed E-state index contributed by atoms with van der Waals surface area (Å²) in [6.07, 6.45) is 0.203. The fourth-order valence-electron chi connectivity index (χ4n) is 2.07. The molecule has 0 fully saturated rings. The minimum atomic E-state index is -1.17. The molecule has 2 rings (SSSR count). The Hall–Kier alpha value is -2.15. The number of nitrogens with one attached hydrogen (secondary N) is 1. The third kappa shape index (κ3) is 5.49. The van der Waals surface area contributed by atoms with Gasteiger partial charge in [-0.25, -0.2) is 4.79 Å². The highest BCUT2D eigenvalue weighted by molar-refractivity contribution is 6.31. The number of aliphatic hydroxyl groups excluding tert-OH is 2. The Morgan fingerprint density at radius 3 is 2.71 bits per heavy atom. The van der Waals surface area contributed by atoms with Crippen molar-refractivity contribution in [3.63, 3.8) is 0 Å². The molecule has 128 valence electrons. The van der Waals surface area contributed by atoms with Gasteiger partial charge in [0, 0.05) is 29.5 Å². The number of aliphatic hydroxyl groups is 2. The summed E-state index contributed by atoms with van der Waals surface area (Å²) in [7, 11) is 0. The predicted molar refractivity (Wildman–Crippen MR) is 89.5 cm³/mol. The maximum Gasteiger partial charge on any atom is 0.407 e. The minimum Gasteiger partial charge on any atom is -0.445 e. The topological polar surface area (TPSA) is 91.7 Å². The molecule has 0 aliphatic heterocycles. The highest BCUT2D eigenvalue weighted by Gasteiger charge is 2.21. The molecule has 3 N–H and O–H groups in total. The lowest BCUT2D eigenvalue weighted by Gasteiger charge is -2.18. The predicted octanol–water partition coefficient (Wildman–Crippen LogP) is 2.45. The highest BCUT2D eigenvalue weighted by atomic mass is 35.5. The zero-order valence-electron chi connectivity index (χ0n) is 12.9. The first-order valence-electron chi connectivity index (χ1n) is 7.48. The number of benzene rings is 1. The van der Waals surface area contributed by atoms with Gasteiger partial charge in [-0.2, -0.15) is 0 Å². The fraction of sp³-hybridized carbons (Fsp3) is 0.294. The van der Waals surface area contributed by atoms with Crippen molar-refractivity contribution in [2.75, 3.05) is 6.54 Å². The summed E-state index contributed by atoms with van der Waals surface area (Å²) >= 11 is 5.95. The fourth-order valence-corrected chi connectivity index (χ4v) is 2.29. The minimum absolute atomic E-state index is 0.146. The van der Waals surface area contributed by atoms with E-state index in [9.17, 15) is 15.0 Å². The maximum atomic E-state index is 11.6. The van der Waals surface area contributed by atoms with Crippen LogP contribution < -0.4 is 5.32 Å². The number of amides is 1. The number of rotatable bonds is 7. The monoisotopic (exact) mass is 350 g/mol. The van der Waals surface area contributed by atoms with Crippen LogP contribution in [0.3, 0.4) is 0 Å². The third-order valence-electron chi connectivity index (χ3n) is 3.40. The molecule has 2 aromatic rings. The Kier molecular flexibility index (Phi) is 6.99. The molecule has 0 saturated carbocycles. The lowest BCUT2D eigenvalue weighted by molar-refractivity contribution is 0.0135. The van der Waals surface area contributed by atoms with Crippen LogP contribution in [0.5, 0.6) is 0 Å². The number of hydrogen-bond acceptors (Lipinski definition) is 5. The molecule has 1 aromatic carbocycles. The molecule has 1 heterocycles. The Morgan fingerprint density at radius 2 is 2.00 bits per heavy atom. The van der Waals surface area contributed by atoms with Crippen LogP contribution in [-0.4, -0.2) is 33.9 Å². The number of carbonyl (C=O) groups excluding carboxylic acids is 1. The molecule has 0 saturated heterocycles. The van der Waals surface area contributed by atoms with E-state index in [1.54, 1.807) is 0 Å². The average molecular weight is 351 g/mol. The van der Waals surface area contributed by atoms with Crippen molar-refractivity contribution in [3.8, 4) is 0 Å². The molecule has 6 nitrogen and oxygen atoms in total. The second-order valence-corrected chi connectivity index (χ2v) is 5.59. The van der Waals surface area contributed by atoms with Crippen LogP contribution in [0.15, 0.2) is 48.8 Å². The van der Waals surface area contributed by atoms with Crippen LogP contribution >= 0.6 is 11.6 Å². The average Bonchev–Trinajstić information content (AvgIpc) is 2.60. The molecular weight excluding hydrogens is 332 g/mol. The van der Waals surface area contributed by atoms with Gasteiger partial charge in [0.1, 0.15) is 12.7 Å². The van der Waals surface area contributed by atoms with Gasteiger partial charge < -0.3 is 20.3 Å². The zero-order chi connectivity index (χ0) is 17.4. The summed E-state index contributed by atoms with van der Waals surface area (Å²) in [6.45, 7) is 0.326. The summed E-state index contributed by atoms with van der Waals surface area (Å²) in [5, 5.41) is 22.9. The molecule has 1 aromatic heterocycles. The van der Waals surface area contributed by atoms with Crippen molar-refractivity contribution in [1.29, 1.82) is 0 Å². The molecule has 0 aliphatic carbocycles. The number of carbonyl (C=O) groups is 1. The molecule has 2 atom stereocenters. The van der Waals surface area contributed by atoms with Gasteiger partial charge in [0.25, 0.3) is 0 Å². The first-order valence-corrected chi connectivity index (χ1v) is 7.86. The van der Waals surface area contributed by atoms with Crippen molar-refractivity contribution in [1.82, 2.24) is 10.3 Å². The van der Waals surface area contributed by atoms with E-state index in [1.165, 1.54) is 18.5 Å². The van der Waals surface area contributed by atoms with Crippen molar-refractivity contribution < 1.29 is 19.7 Å². The SMILES string of the molecule is O=C(NCCC(O)C(O)c1cnccc1Cl)OCc1ccccc1. The summed E-state index contributed by atoms with van der Waals surface area (Å²) in [6, 6.07) is 10.8. The molecule has 0 bridgehead atoms. The Bertz CT molecular complexity index is 654. The standard InChI is InChI=1S/C17H19ClN2O4/c18-14-6-8-19-10-13(14)16(22)15(21)7-9-20-17(23)24-11-12-4-2-1-3-5-12/h1-6,8,10,15-16,21-22H,7,9,11H2,(H,20,23). The molecule has 0 aliphatic rings. The second kappa shape index (κ2) is 9.22.